The minimum atomic E-state index is -0.0355. The van der Waals surface area contributed by atoms with Gasteiger partial charge in [-0.25, -0.2) is 0 Å². The third-order valence-corrected chi connectivity index (χ3v) is 4.38. The van der Waals surface area contributed by atoms with Crippen molar-refractivity contribution in [3.63, 3.8) is 0 Å². The lowest BCUT2D eigenvalue weighted by Crippen LogP contribution is -2.23. The maximum atomic E-state index is 12.2. The summed E-state index contributed by atoms with van der Waals surface area (Å²) in [6.07, 6.45) is 4.81. The molecule has 0 saturated heterocycles. The molecule has 0 unspecified atom stereocenters. The quantitative estimate of drug-likeness (QED) is 0.628. The van der Waals surface area contributed by atoms with Gasteiger partial charge in [0, 0.05) is 29.4 Å². The van der Waals surface area contributed by atoms with E-state index in [1.165, 1.54) is 5.56 Å². The summed E-state index contributed by atoms with van der Waals surface area (Å²) in [5.74, 6) is -0.0355. The molecule has 0 radical (unpaired) electrons. The molecule has 1 N–H and O–H groups in total. The van der Waals surface area contributed by atoms with Gasteiger partial charge in [0.25, 0.3) is 0 Å². The fourth-order valence-electron chi connectivity index (χ4n) is 3.00. The molecule has 0 fully saturated rings. The molecule has 1 heterocycles. The van der Waals surface area contributed by atoms with Crippen molar-refractivity contribution in [1.29, 1.82) is 0 Å². The second kappa shape index (κ2) is 8.99. The number of carbonyl (C=O) groups excluding carboxylic acids is 1. The molecule has 0 atom stereocenters. The van der Waals surface area contributed by atoms with E-state index < -0.39 is 0 Å². The predicted octanol–water partition coefficient (Wildman–Crippen LogP) is 4.57. The van der Waals surface area contributed by atoms with Crippen LogP contribution in [0.15, 0.2) is 78.5 Å². The number of aromatic nitrogens is 2. The average molecular weight is 359 g/mol. The summed E-state index contributed by atoms with van der Waals surface area (Å²) in [5, 5.41) is 7.80. The van der Waals surface area contributed by atoms with Gasteiger partial charge < -0.3 is 5.32 Å². The summed E-state index contributed by atoms with van der Waals surface area (Å²) >= 11 is 0. The van der Waals surface area contributed by atoms with Crippen molar-refractivity contribution in [2.24, 2.45) is 0 Å². The van der Waals surface area contributed by atoms with Crippen LogP contribution in [0.1, 0.15) is 31.4 Å². The molecule has 3 rings (SSSR count). The van der Waals surface area contributed by atoms with E-state index in [9.17, 15) is 4.79 Å². The summed E-state index contributed by atoms with van der Waals surface area (Å²) in [6.45, 7) is 5.02. The molecule has 0 saturated carbocycles. The largest absolute Gasteiger partial charge is 0.348 e. The van der Waals surface area contributed by atoms with Crippen molar-refractivity contribution in [3.05, 3.63) is 89.6 Å². The highest BCUT2D eigenvalue weighted by Crippen LogP contribution is 2.22. The molecule has 0 aliphatic rings. The molecule has 27 heavy (non-hydrogen) atoms. The first-order valence-corrected chi connectivity index (χ1v) is 9.28. The van der Waals surface area contributed by atoms with E-state index in [-0.39, 0.29) is 5.91 Å². The fourth-order valence-corrected chi connectivity index (χ4v) is 3.00. The second-order valence-electron chi connectivity index (χ2n) is 6.53. The molecule has 0 aliphatic heterocycles. The standard InChI is InChI=1S/C23H25N3O/c1-3-10-18(2)23(27)24-15-21-17-26(16-19-11-6-4-7-12-19)25-22(21)20-13-8-5-9-14-20/h4-14,17H,3,15-16H2,1-2H3,(H,24,27)/b18-10+. The molecule has 2 aromatic carbocycles. The van der Waals surface area contributed by atoms with Crippen LogP contribution in [-0.2, 0) is 17.9 Å². The summed E-state index contributed by atoms with van der Waals surface area (Å²) in [4.78, 5) is 12.2. The van der Waals surface area contributed by atoms with Crippen LogP contribution in [0.25, 0.3) is 11.3 Å². The molecular weight excluding hydrogens is 334 g/mol. The molecule has 138 valence electrons. The van der Waals surface area contributed by atoms with Gasteiger partial charge in [-0.15, -0.1) is 0 Å². The molecule has 1 aromatic heterocycles. The van der Waals surface area contributed by atoms with Crippen LogP contribution in [0.3, 0.4) is 0 Å². The maximum absolute atomic E-state index is 12.2. The van der Waals surface area contributed by atoms with Gasteiger partial charge >= 0.3 is 0 Å². The summed E-state index contributed by atoms with van der Waals surface area (Å²) in [7, 11) is 0. The number of amides is 1. The SMILES string of the molecule is CC/C=C(\C)C(=O)NCc1cn(Cc2ccccc2)nc1-c1ccccc1. The van der Waals surface area contributed by atoms with Gasteiger partial charge in [-0.2, -0.15) is 5.10 Å². The van der Waals surface area contributed by atoms with E-state index >= 15 is 0 Å². The van der Waals surface area contributed by atoms with Crippen LogP contribution in [0.4, 0.5) is 0 Å². The second-order valence-corrected chi connectivity index (χ2v) is 6.53. The third kappa shape index (κ3) is 4.94. The first kappa shape index (κ1) is 18.6. The monoisotopic (exact) mass is 359 g/mol. The molecular formula is C23H25N3O. The van der Waals surface area contributed by atoms with Gasteiger partial charge in [-0.3, -0.25) is 9.48 Å². The first-order valence-electron chi connectivity index (χ1n) is 9.28. The number of hydrogen-bond donors (Lipinski definition) is 1. The van der Waals surface area contributed by atoms with Crippen LogP contribution in [-0.4, -0.2) is 15.7 Å². The van der Waals surface area contributed by atoms with Crippen LogP contribution in [0.2, 0.25) is 0 Å². The minimum Gasteiger partial charge on any atom is -0.348 e. The van der Waals surface area contributed by atoms with Crippen molar-refractivity contribution in [1.82, 2.24) is 15.1 Å². The highest BCUT2D eigenvalue weighted by molar-refractivity contribution is 5.92. The molecule has 4 heteroatoms. The summed E-state index contributed by atoms with van der Waals surface area (Å²) < 4.78 is 1.94. The zero-order valence-electron chi connectivity index (χ0n) is 15.9. The van der Waals surface area contributed by atoms with Crippen LogP contribution in [0.5, 0.6) is 0 Å². The molecule has 0 spiro atoms. The molecule has 4 nitrogen and oxygen atoms in total. The Hall–Kier alpha value is -3.14. The van der Waals surface area contributed by atoms with Gasteiger partial charge in [-0.1, -0.05) is 73.7 Å². The third-order valence-electron chi connectivity index (χ3n) is 4.38. The molecule has 0 aliphatic carbocycles. The minimum absolute atomic E-state index is 0.0355. The highest BCUT2D eigenvalue weighted by atomic mass is 16.1. The maximum Gasteiger partial charge on any atom is 0.246 e. The van der Waals surface area contributed by atoms with Crippen LogP contribution in [0, 0.1) is 0 Å². The Balaban J connectivity index is 1.84. The normalized spacial score (nSPS) is 11.4. The zero-order valence-corrected chi connectivity index (χ0v) is 15.9. The van der Waals surface area contributed by atoms with Crippen LogP contribution < -0.4 is 5.32 Å². The van der Waals surface area contributed by atoms with Crippen LogP contribution >= 0.6 is 0 Å². The first-order chi connectivity index (χ1) is 13.2. The lowest BCUT2D eigenvalue weighted by atomic mass is 10.1. The Morgan fingerprint density at radius 2 is 1.74 bits per heavy atom. The van der Waals surface area contributed by atoms with Crippen molar-refractivity contribution >= 4 is 5.91 Å². The van der Waals surface area contributed by atoms with E-state index in [1.807, 2.05) is 79.3 Å². The van der Waals surface area contributed by atoms with Crippen molar-refractivity contribution < 1.29 is 4.79 Å². The van der Waals surface area contributed by atoms with E-state index in [1.54, 1.807) is 0 Å². The Morgan fingerprint density at radius 3 is 2.41 bits per heavy atom. The van der Waals surface area contributed by atoms with E-state index in [4.69, 9.17) is 5.10 Å². The molecule has 3 aromatic rings. The number of nitrogens with zero attached hydrogens (tertiary/aromatic N) is 2. The van der Waals surface area contributed by atoms with E-state index in [2.05, 4.69) is 17.4 Å². The lowest BCUT2D eigenvalue weighted by Gasteiger charge is -2.06. The summed E-state index contributed by atoms with van der Waals surface area (Å²) in [5.41, 5.74) is 4.90. The van der Waals surface area contributed by atoms with E-state index in [0.717, 1.165) is 28.8 Å². The Bertz CT molecular complexity index is 911. The average Bonchev–Trinajstić information content (AvgIpc) is 3.10. The van der Waals surface area contributed by atoms with Crippen molar-refractivity contribution in [2.75, 3.05) is 0 Å². The number of hydrogen-bond acceptors (Lipinski definition) is 2. The van der Waals surface area contributed by atoms with Crippen molar-refractivity contribution in [3.8, 4) is 11.3 Å². The fraction of sp³-hybridized carbons (Fsp3) is 0.217. The van der Waals surface area contributed by atoms with Gasteiger partial charge in [0.2, 0.25) is 5.91 Å². The van der Waals surface area contributed by atoms with Gasteiger partial charge in [0.1, 0.15) is 0 Å². The summed E-state index contributed by atoms with van der Waals surface area (Å²) in [6, 6.07) is 20.3. The molecule has 1 amide bonds. The lowest BCUT2D eigenvalue weighted by molar-refractivity contribution is -0.117. The molecule has 0 bridgehead atoms. The predicted molar refractivity (Wildman–Crippen MR) is 109 cm³/mol. The Labute approximate surface area is 160 Å². The van der Waals surface area contributed by atoms with Gasteiger partial charge in [-0.05, 0) is 18.9 Å². The topological polar surface area (TPSA) is 46.9 Å². The van der Waals surface area contributed by atoms with Crippen molar-refractivity contribution in [2.45, 2.75) is 33.4 Å². The number of carbonyl (C=O) groups is 1. The number of nitrogens with one attached hydrogen (secondary N) is 1. The Kier molecular flexibility index (Phi) is 6.21. The van der Waals surface area contributed by atoms with Gasteiger partial charge in [0.15, 0.2) is 0 Å². The highest BCUT2D eigenvalue weighted by Gasteiger charge is 2.13. The van der Waals surface area contributed by atoms with Gasteiger partial charge in [0.05, 0.1) is 12.2 Å². The number of benzene rings is 2. The zero-order chi connectivity index (χ0) is 19.1. The smallest absolute Gasteiger partial charge is 0.246 e. The van der Waals surface area contributed by atoms with E-state index in [0.29, 0.717) is 13.1 Å². The number of rotatable bonds is 7. The Morgan fingerprint density at radius 1 is 1.07 bits per heavy atom. The number of allylic oxidation sites excluding steroid dienone is 1.